The van der Waals surface area contributed by atoms with Crippen LogP contribution in [0.4, 0.5) is 5.95 Å². The molecule has 0 aliphatic carbocycles. The Morgan fingerprint density at radius 1 is 1.03 bits per heavy atom. The summed E-state index contributed by atoms with van der Waals surface area (Å²) in [5.74, 6) is 1.55. The molecule has 3 aromatic heterocycles. The van der Waals surface area contributed by atoms with Gasteiger partial charge in [-0.1, -0.05) is 42.1 Å². The summed E-state index contributed by atoms with van der Waals surface area (Å²) in [7, 11) is 0. The van der Waals surface area contributed by atoms with Gasteiger partial charge in [0.25, 0.3) is 5.78 Å². The molecule has 166 valence electrons. The van der Waals surface area contributed by atoms with E-state index < -0.39 is 0 Å². The van der Waals surface area contributed by atoms with E-state index in [1.165, 1.54) is 17.3 Å². The van der Waals surface area contributed by atoms with Crippen molar-refractivity contribution in [2.45, 2.75) is 18.6 Å². The number of anilines is 1. The van der Waals surface area contributed by atoms with E-state index in [1.807, 2.05) is 13.0 Å². The fraction of sp³-hybridized carbons (Fsp3) is 0.304. The fourth-order valence-corrected chi connectivity index (χ4v) is 4.41. The molecule has 5 rings (SSSR count). The van der Waals surface area contributed by atoms with Gasteiger partial charge in [0.1, 0.15) is 0 Å². The van der Waals surface area contributed by atoms with Crippen LogP contribution in [0.15, 0.2) is 53.9 Å². The van der Waals surface area contributed by atoms with Crippen LogP contribution in [0.2, 0.25) is 0 Å². The molecule has 33 heavy (non-hydrogen) atoms. The van der Waals surface area contributed by atoms with Crippen molar-refractivity contribution in [3.63, 3.8) is 0 Å². The monoisotopic (exact) mass is 457 g/mol. The topological polar surface area (TPSA) is 99.1 Å². The van der Waals surface area contributed by atoms with Crippen LogP contribution in [0.25, 0.3) is 17.0 Å². The van der Waals surface area contributed by atoms with Gasteiger partial charge in [-0.15, -0.1) is 5.10 Å². The zero-order chi connectivity index (χ0) is 22.6. The Morgan fingerprint density at radius 3 is 2.64 bits per heavy atom. The number of rotatable bonds is 6. The van der Waals surface area contributed by atoms with E-state index in [-0.39, 0.29) is 0 Å². The molecule has 0 spiro atoms. The van der Waals surface area contributed by atoms with Crippen molar-refractivity contribution in [1.29, 1.82) is 5.26 Å². The Morgan fingerprint density at radius 2 is 1.85 bits per heavy atom. The Kier molecular flexibility index (Phi) is 6.15. The number of hydrogen-bond acceptors (Lipinski definition) is 9. The molecule has 4 heterocycles. The summed E-state index contributed by atoms with van der Waals surface area (Å²) in [5, 5.41) is 13.8. The average molecular weight is 458 g/mol. The molecule has 0 saturated carbocycles. The number of benzene rings is 1. The second-order valence-electron chi connectivity index (χ2n) is 7.80. The molecule has 10 heteroatoms. The molecule has 4 aromatic rings. The normalized spacial score (nSPS) is 14.5. The lowest BCUT2D eigenvalue weighted by atomic mass is 10.2. The molecule has 0 bridgehead atoms. The van der Waals surface area contributed by atoms with Gasteiger partial charge < -0.3 is 4.90 Å². The SMILES string of the molecule is Cc1c(-c2ccnc(N3CCN(Cc4ccccc4)CC3)n2)cnc2nc(SCC#N)nn12. The highest BCUT2D eigenvalue weighted by atomic mass is 32.2. The van der Waals surface area contributed by atoms with E-state index in [4.69, 9.17) is 10.2 Å². The van der Waals surface area contributed by atoms with Crippen LogP contribution < -0.4 is 4.90 Å². The Balaban J connectivity index is 1.32. The van der Waals surface area contributed by atoms with Crippen LogP contribution in [0, 0.1) is 18.3 Å². The van der Waals surface area contributed by atoms with Crippen LogP contribution in [-0.4, -0.2) is 66.4 Å². The highest BCUT2D eigenvalue weighted by Crippen LogP contribution is 2.24. The molecule has 1 aromatic carbocycles. The summed E-state index contributed by atoms with van der Waals surface area (Å²) in [4.78, 5) is 22.9. The third-order valence-corrected chi connectivity index (χ3v) is 6.38. The van der Waals surface area contributed by atoms with E-state index in [9.17, 15) is 0 Å². The highest BCUT2D eigenvalue weighted by molar-refractivity contribution is 7.99. The molecule has 0 N–H and O–H groups in total. The van der Waals surface area contributed by atoms with Crippen LogP contribution in [-0.2, 0) is 6.54 Å². The Bertz CT molecular complexity index is 1290. The number of thioether (sulfide) groups is 1. The van der Waals surface area contributed by atoms with Gasteiger partial charge in [0, 0.05) is 50.7 Å². The molecule has 0 amide bonds. The lowest BCUT2D eigenvalue weighted by molar-refractivity contribution is 0.248. The zero-order valence-electron chi connectivity index (χ0n) is 18.3. The molecular weight excluding hydrogens is 434 g/mol. The predicted molar refractivity (Wildman–Crippen MR) is 127 cm³/mol. The first-order chi connectivity index (χ1) is 16.2. The van der Waals surface area contributed by atoms with Crippen LogP contribution in [0.5, 0.6) is 0 Å². The first-order valence-electron chi connectivity index (χ1n) is 10.8. The summed E-state index contributed by atoms with van der Waals surface area (Å²) in [6.45, 7) is 6.65. The van der Waals surface area contributed by atoms with Crippen molar-refractivity contribution >= 4 is 23.5 Å². The van der Waals surface area contributed by atoms with Gasteiger partial charge in [0.15, 0.2) is 0 Å². The number of nitriles is 1. The first kappa shape index (κ1) is 21.3. The Labute approximate surface area is 196 Å². The van der Waals surface area contributed by atoms with E-state index in [1.54, 1.807) is 16.9 Å². The molecule has 0 radical (unpaired) electrons. The highest BCUT2D eigenvalue weighted by Gasteiger charge is 2.20. The molecule has 1 fully saturated rings. The third kappa shape index (κ3) is 4.65. The Hall–Kier alpha value is -3.55. The minimum absolute atomic E-state index is 0.302. The number of aromatic nitrogens is 6. The average Bonchev–Trinajstić information content (AvgIpc) is 3.28. The lowest BCUT2D eigenvalue weighted by Crippen LogP contribution is -2.46. The van der Waals surface area contributed by atoms with Gasteiger partial charge in [0.05, 0.1) is 23.2 Å². The molecule has 0 atom stereocenters. The number of aryl methyl sites for hydroxylation is 1. The van der Waals surface area contributed by atoms with Crippen LogP contribution >= 0.6 is 11.8 Å². The van der Waals surface area contributed by atoms with Crippen molar-refractivity contribution in [2.24, 2.45) is 0 Å². The third-order valence-electron chi connectivity index (χ3n) is 5.68. The fourth-order valence-electron chi connectivity index (χ4n) is 3.93. The van der Waals surface area contributed by atoms with Gasteiger partial charge in [-0.05, 0) is 18.6 Å². The van der Waals surface area contributed by atoms with Crippen molar-refractivity contribution < 1.29 is 0 Å². The lowest BCUT2D eigenvalue weighted by Gasteiger charge is -2.34. The minimum Gasteiger partial charge on any atom is -0.338 e. The maximum atomic E-state index is 8.79. The summed E-state index contributed by atoms with van der Waals surface area (Å²) >= 11 is 1.30. The standard InChI is InChI=1S/C23H23N9S/c1-17-19(15-26-22-28-23(29-32(17)22)33-14-8-24)20-7-9-25-21(27-20)31-12-10-30(11-13-31)16-18-5-3-2-4-6-18/h2-7,9,15H,10-14,16H2,1H3. The summed E-state index contributed by atoms with van der Waals surface area (Å²) in [5.41, 5.74) is 3.93. The van der Waals surface area contributed by atoms with Crippen LogP contribution in [0.1, 0.15) is 11.3 Å². The van der Waals surface area contributed by atoms with E-state index >= 15 is 0 Å². The molecule has 1 aliphatic rings. The van der Waals surface area contributed by atoms with Gasteiger partial charge in [-0.2, -0.15) is 14.8 Å². The molecule has 1 saturated heterocycles. The molecule has 0 unspecified atom stereocenters. The minimum atomic E-state index is 0.302. The van der Waals surface area contributed by atoms with E-state index in [0.29, 0.717) is 16.7 Å². The summed E-state index contributed by atoms with van der Waals surface area (Å²) in [6, 6.07) is 14.6. The van der Waals surface area contributed by atoms with Crippen molar-refractivity contribution in [2.75, 3.05) is 36.8 Å². The van der Waals surface area contributed by atoms with Crippen molar-refractivity contribution in [3.8, 4) is 17.3 Å². The van der Waals surface area contributed by atoms with Gasteiger partial charge in [-0.3, -0.25) is 4.90 Å². The predicted octanol–water partition coefficient (Wildman–Crippen LogP) is 2.83. The zero-order valence-corrected chi connectivity index (χ0v) is 19.1. The van der Waals surface area contributed by atoms with E-state index in [0.717, 1.165) is 55.6 Å². The van der Waals surface area contributed by atoms with Crippen molar-refractivity contribution in [1.82, 2.24) is 34.4 Å². The van der Waals surface area contributed by atoms with Crippen LogP contribution in [0.3, 0.4) is 0 Å². The quantitative estimate of drug-likeness (QED) is 0.405. The van der Waals surface area contributed by atoms with Crippen molar-refractivity contribution in [3.05, 3.63) is 60.0 Å². The summed E-state index contributed by atoms with van der Waals surface area (Å²) in [6.07, 6.45) is 3.58. The molecular formula is C23H23N9S. The molecule has 9 nitrogen and oxygen atoms in total. The van der Waals surface area contributed by atoms with Gasteiger partial charge >= 0.3 is 0 Å². The second kappa shape index (κ2) is 9.52. The maximum absolute atomic E-state index is 8.79. The smallest absolute Gasteiger partial charge is 0.253 e. The number of fused-ring (bicyclic) bond motifs is 1. The van der Waals surface area contributed by atoms with Gasteiger partial charge in [-0.25, -0.2) is 15.0 Å². The number of hydrogen-bond donors (Lipinski definition) is 0. The maximum Gasteiger partial charge on any atom is 0.253 e. The number of nitrogens with zero attached hydrogens (tertiary/aromatic N) is 9. The first-order valence-corrected chi connectivity index (χ1v) is 11.8. The van der Waals surface area contributed by atoms with E-state index in [2.05, 4.69) is 66.3 Å². The molecule has 1 aliphatic heterocycles. The van der Waals surface area contributed by atoms with Gasteiger partial charge in [0.2, 0.25) is 11.1 Å². The number of piperazine rings is 1. The largest absolute Gasteiger partial charge is 0.338 e. The summed E-state index contributed by atoms with van der Waals surface area (Å²) < 4.78 is 1.71. The second-order valence-corrected chi connectivity index (χ2v) is 8.74.